The molecule has 2 aromatic rings. The van der Waals surface area contributed by atoms with Crippen molar-refractivity contribution < 1.29 is 14.8 Å². The molecule has 0 bridgehead atoms. The van der Waals surface area contributed by atoms with Gasteiger partial charge < -0.3 is 10.2 Å². The number of anilines is 1. The first kappa shape index (κ1) is 16.0. The van der Waals surface area contributed by atoms with Gasteiger partial charge in [-0.25, -0.2) is 9.48 Å². The molecule has 0 saturated heterocycles. The highest BCUT2D eigenvalue weighted by molar-refractivity contribution is 9.10. The summed E-state index contributed by atoms with van der Waals surface area (Å²) in [6, 6.07) is 15.0. The number of aromatic hydroxyl groups is 1. The van der Waals surface area contributed by atoms with Crippen LogP contribution in [0.1, 0.15) is 12.0 Å². The Morgan fingerprint density at radius 3 is 2.50 bits per heavy atom. The SMILES string of the molecule is Oc1ccc(N2CC(O)(c3ccc(Br)cc3)[N+]3=C2SCCC3)cc1. The molecule has 1 atom stereocenters. The number of β-amino-alcohol motifs (C(OH)–C–C–N with tert-alkyl or cyclic N) is 1. The van der Waals surface area contributed by atoms with Gasteiger partial charge in [-0.2, -0.15) is 0 Å². The van der Waals surface area contributed by atoms with Gasteiger partial charge in [0.25, 0.3) is 5.72 Å². The van der Waals surface area contributed by atoms with Gasteiger partial charge in [0, 0.05) is 15.8 Å². The summed E-state index contributed by atoms with van der Waals surface area (Å²) in [5, 5.41) is 22.1. The fraction of sp³-hybridized carbons (Fsp3) is 0.278. The van der Waals surface area contributed by atoms with Gasteiger partial charge in [0.15, 0.2) is 6.54 Å². The van der Waals surface area contributed by atoms with Crippen LogP contribution in [0.5, 0.6) is 5.75 Å². The van der Waals surface area contributed by atoms with Crippen LogP contribution in [0.3, 0.4) is 0 Å². The van der Waals surface area contributed by atoms with E-state index < -0.39 is 5.72 Å². The van der Waals surface area contributed by atoms with Crippen molar-refractivity contribution in [3.05, 3.63) is 58.6 Å². The molecule has 4 nitrogen and oxygen atoms in total. The Balaban J connectivity index is 1.78. The first-order chi connectivity index (χ1) is 11.6. The summed E-state index contributed by atoms with van der Waals surface area (Å²) < 4.78 is 3.11. The highest BCUT2D eigenvalue weighted by atomic mass is 79.9. The van der Waals surface area contributed by atoms with Crippen LogP contribution in [0.15, 0.2) is 53.0 Å². The van der Waals surface area contributed by atoms with E-state index >= 15 is 0 Å². The quantitative estimate of drug-likeness (QED) is 0.752. The van der Waals surface area contributed by atoms with Gasteiger partial charge in [-0.15, -0.1) is 0 Å². The molecule has 6 heteroatoms. The first-order valence-corrected chi connectivity index (χ1v) is 9.68. The van der Waals surface area contributed by atoms with E-state index in [2.05, 4.69) is 25.4 Å². The highest BCUT2D eigenvalue weighted by Gasteiger charge is 2.53. The number of rotatable bonds is 2. The monoisotopic (exact) mass is 405 g/mol. The van der Waals surface area contributed by atoms with E-state index in [1.165, 1.54) is 0 Å². The van der Waals surface area contributed by atoms with Crippen LogP contribution in [-0.2, 0) is 5.72 Å². The van der Waals surface area contributed by atoms with Gasteiger partial charge in [-0.3, -0.25) is 0 Å². The van der Waals surface area contributed by atoms with Crippen molar-refractivity contribution in [1.82, 2.24) is 0 Å². The lowest BCUT2D eigenvalue weighted by molar-refractivity contribution is -0.656. The molecule has 0 aliphatic carbocycles. The molecule has 0 spiro atoms. The van der Waals surface area contributed by atoms with E-state index in [1.54, 1.807) is 23.9 Å². The molecule has 0 amide bonds. The van der Waals surface area contributed by atoms with Crippen molar-refractivity contribution in [2.45, 2.75) is 12.1 Å². The number of phenolic OH excluding ortho intramolecular Hbond substituents is 1. The molecular weight excluding hydrogens is 388 g/mol. The third-order valence-corrected chi connectivity index (χ3v) is 6.23. The zero-order valence-electron chi connectivity index (χ0n) is 13.0. The molecule has 2 aliphatic heterocycles. The Morgan fingerprint density at radius 1 is 1.08 bits per heavy atom. The molecular formula is C18H18BrN2O2S+. The number of thioether (sulfide) groups is 1. The van der Waals surface area contributed by atoms with Crippen LogP contribution in [0.2, 0.25) is 0 Å². The van der Waals surface area contributed by atoms with Crippen LogP contribution in [0.4, 0.5) is 5.69 Å². The average Bonchev–Trinajstić information content (AvgIpc) is 2.91. The molecule has 2 aliphatic rings. The number of nitrogens with zero attached hydrogens (tertiary/aromatic N) is 2. The second kappa shape index (κ2) is 6.10. The molecule has 2 aromatic carbocycles. The Hall–Kier alpha value is -1.50. The molecule has 2 heterocycles. The van der Waals surface area contributed by atoms with E-state index in [-0.39, 0.29) is 5.75 Å². The maximum Gasteiger partial charge on any atom is 0.316 e. The summed E-state index contributed by atoms with van der Waals surface area (Å²) in [6.07, 6.45) is 1.05. The summed E-state index contributed by atoms with van der Waals surface area (Å²) in [4.78, 5) is 2.14. The minimum absolute atomic E-state index is 0.249. The predicted molar refractivity (Wildman–Crippen MR) is 101 cm³/mol. The lowest BCUT2D eigenvalue weighted by Gasteiger charge is -2.24. The number of halogens is 1. The van der Waals surface area contributed by atoms with Gasteiger partial charge >= 0.3 is 5.17 Å². The van der Waals surface area contributed by atoms with E-state index in [0.29, 0.717) is 6.54 Å². The number of benzene rings is 2. The second-order valence-corrected chi connectivity index (χ2v) is 8.04. The molecule has 124 valence electrons. The van der Waals surface area contributed by atoms with Gasteiger partial charge in [0.2, 0.25) is 0 Å². The van der Waals surface area contributed by atoms with Crippen LogP contribution in [0, 0.1) is 0 Å². The Kier molecular flexibility index (Phi) is 4.06. The highest BCUT2D eigenvalue weighted by Crippen LogP contribution is 2.38. The summed E-state index contributed by atoms with van der Waals surface area (Å²) in [6.45, 7) is 1.31. The molecule has 2 N–H and O–H groups in total. The van der Waals surface area contributed by atoms with Gasteiger partial charge in [-0.05, 0) is 54.6 Å². The van der Waals surface area contributed by atoms with E-state index in [0.717, 1.165) is 39.6 Å². The van der Waals surface area contributed by atoms with E-state index in [1.807, 2.05) is 36.4 Å². The van der Waals surface area contributed by atoms with Gasteiger partial charge in [0.05, 0.1) is 6.54 Å². The summed E-state index contributed by atoms with van der Waals surface area (Å²) in [5.41, 5.74) is 0.837. The van der Waals surface area contributed by atoms with Gasteiger partial charge in [-0.1, -0.05) is 28.1 Å². The van der Waals surface area contributed by atoms with Crippen LogP contribution >= 0.6 is 27.7 Å². The van der Waals surface area contributed by atoms with Crippen LogP contribution in [0.25, 0.3) is 0 Å². The van der Waals surface area contributed by atoms with Crippen molar-refractivity contribution in [2.75, 3.05) is 23.7 Å². The predicted octanol–water partition coefficient (Wildman–Crippen LogP) is 3.33. The fourth-order valence-corrected chi connectivity index (χ4v) is 4.74. The third-order valence-electron chi connectivity index (χ3n) is 4.51. The standard InChI is InChI=1S/C18H17BrN2O2S/c19-14-4-2-13(3-5-14)18(23)12-20(15-6-8-16(22)9-7-15)17-21(18)10-1-11-24-17/h2-9,23H,1,10-12H2/p+1. The number of amidine groups is 1. The van der Waals surface area contributed by atoms with Crippen LogP contribution in [-0.4, -0.2) is 38.8 Å². The summed E-state index contributed by atoms with van der Waals surface area (Å²) in [5.74, 6) is 1.30. The maximum absolute atomic E-state index is 11.5. The molecule has 0 fully saturated rings. The largest absolute Gasteiger partial charge is 0.508 e. The van der Waals surface area contributed by atoms with Crippen molar-refractivity contribution in [1.29, 1.82) is 0 Å². The molecule has 24 heavy (non-hydrogen) atoms. The van der Waals surface area contributed by atoms with Crippen molar-refractivity contribution >= 4 is 38.5 Å². The average molecular weight is 406 g/mol. The number of phenols is 1. The zero-order valence-corrected chi connectivity index (χ0v) is 15.4. The molecule has 0 aromatic heterocycles. The Labute approximate surface area is 153 Å². The number of hydrogen-bond donors (Lipinski definition) is 2. The second-order valence-electron chi connectivity index (χ2n) is 6.06. The molecule has 0 radical (unpaired) electrons. The topological polar surface area (TPSA) is 46.7 Å². The van der Waals surface area contributed by atoms with Crippen LogP contribution < -0.4 is 4.90 Å². The zero-order chi connectivity index (χ0) is 16.7. The Morgan fingerprint density at radius 2 is 1.79 bits per heavy atom. The van der Waals surface area contributed by atoms with E-state index in [9.17, 15) is 10.2 Å². The number of hydrogen-bond acceptors (Lipinski definition) is 4. The van der Waals surface area contributed by atoms with E-state index in [4.69, 9.17) is 0 Å². The number of aliphatic hydroxyl groups is 1. The normalized spacial score (nSPS) is 23.5. The minimum atomic E-state index is -1.04. The lowest BCUT2D eigenvalue weighted by atomic mass is 10.0. The molecule has 1 unspecified atom stereocenters. The summed E-state index contributed by atoms with van der Waals surface area (Å²) >= 11 is 5.24. The first-order valence-electron chi connectivity index (χ1n) is 7.90. The Bertz CT molecular complexity index is 792. The van der Waals surface area contributed by atoms with Crippen molar-refractivity contribution in [2.24, 2.45) is 0 Å². The maximum atomic E-state index is 11.5. The molecule has 4 rings (SSSR count). The minimum Gasteiger partial charge on any atom is -0.508 e. The third kappa shape index (κ3) is 2.62. The summed E-state index contributed by atoms with van der Waals surface area (Å²) in [7, 11) is 0. The van der Waals surface area contributed by atoms with Gasteiger partial charge in [0.1, 0.15) is 11.4 Å². The smallest absolute Gasteiger partial charge is 0.316 e. The lowest BCUT2D eigenvalue weighted by Crippen LogP contribution is -2.41. The molecule has 0 saturated carbocycles. The van der Waals surface area contributed by atoms with Crippen molar-refractivity contribution in [3.8, 4) is 5.75 Å². The fourth-order valence-electron chi connectivity index (χ4n) is 3.30. The van der Waals surface area contributed by atoms with Crippen molar-refractivity contribution in [3.63, 3.8) is 0 Å².